The van der Waals surface area contributed by atoms with Crippen LogP contribution in [0.1, 0.15) is 51.9 Å². The Morgan fingerprint density at radius 3 is 2.71 bits per heavy atom. The van der Waals surface area contributed by atoms with E-state index >= 15 is 0 Å². The van der Waals surface area contributed by atoms with Crippen LogP contribution in [0.15, 0.2) is 12.2 Å². The van der Waals surface area contributed by atoms with Crippen molar-refractivity contribution in [3.63, 3.8) is 0 Å². The van der Waals surface area contributed by atoms with E-state index in [4.69, 9.17) is 4.74 Å². The van der Waals surface area contributed by atoms with Crippen LogP contribution < -0.4 is 0 Å². The molecule has 0 bridgehead atoms. The Labute approximate surface area is 113 Å². The molecule has 0 heterocycles. The molecule has 0 amide bonds. The molecule has 1 saturated carbocycles. The lowest BCUT2D eigenvalue weighted by Crippen LogP contribution is -2.16. The van der Waals surface area contributed by atoms with E-state index in [1.54, 1.807) is 0 Å². The van der Waals surface area contributed by atoms with Gasteiger partial charge in [-0.2, -0.15) is 0 Å². The highest BCUT2D eigenvalue weighted by Crippen LogP contribution is 2.26. The summed E-state index contributed by atoms with van der Waals surface area (Å²) in [5.41, 5.74) is 0. The number of esters is 1. The summed E-state index contributed by atoms with van der Waals surface area (Å²) in [6.07, 6.45) is 13.2. The number of carbonyl (C=O) groups excluding carboxylic acids is 1. The second kappa shape index (κ2) is 8.73. The summed E-state index contributed by atoms with van der Waals surface area (Å²) in [5, 5.41) is 0. The van der Waals surface area contributed by atoms with Crippen molar-refractivity contribution < 1.29 is 9.53 Å². The van der Waals surface area contributed by atoms with Gasteiger partial charge in [0.2, 0.25) is 0 Å². The Hall–Kier alpha value is -0.310. The van der Waals surface area contributed by atoms with Crippen molar-refractivity contribution >= 4 is 21.9 Å². The molecule has 2 nitrogen and oxygen atoms in total. The van der Waals surface area contributed by atoms with E-state index in [2.05, 4.69) is 28.1 Å². The first-order valence-corrected chi connectivity index (χ1v) is 7.61. The van der Waals surface area contributed by atoms with E-state index in [1.807, 2.05) is 6.92 Å². The van der Waals surface area contributed by atoms with Gasteiger partial charge >= 0.3 is 5.97 Å². The van der Waals surface area contributed by atoms with E-state index in [0.717, 1.165) is 12.3 Å². The predicted molar refractivity (Wildman–Crippen MR) is 74.3 cm³/mol. The molecule has 0 aromatic heterocycles. The summed E-state index contributed by atoms with van der Waals surface area (Å²) < 4.78 is 4.93. The first kappa shape index (κ1) is 14.7. The molecular weight excluding hydrogens is 280 g/mol. The molecule has 98 valence electrons. The van der Waals surface area contributed by atoms with Crippen LogP contribution in [-0.2, 0) is 9.53 Å². The predicted octanol–water partition coefficient (Wildman–Crippen LogP) is 4.23. The van der Waals surface area contributed by atoms with Crippen molar-refractivity contribution in [3.05, 3.63) is 12.2 Å². The molecule has 0 aliphatic heterocycles. The molecule has 3 heteroatoms. The van der Waals surface area contributed by atoms with Crippen LogP contribution in [0.3, 0.4) is 0 Å². The summed E-state index contributed by atoms with van der Waals surface area (Å²) in [7, 11) is 0. The third-order valence-electron chi connectivity index (χ3n) is 3.25. The average molecular weight is 303 g/mol. The van der Waals surface area contributed by atoms with Gasteiger partial charge in [0.1, 0.15) is 4.83 Å². The van der Waals surface area contributed by atoms with Crippen molar-refractivity contribution in [3.8, 4) is 0 Å². The molecule has 0 spiro atoms. The first-order valence-electron chi connectivity index (χ1n) is 6.69. The Balaban J connectivity index is 2.13. The van der Waals surface area contributed by atoms with Crippen molar-refractivity contribution in [2.45, 2.75) is 56.7 Å². The van der Waals surface area contributed by atoms with Gasteiger partial charge in [-0.1, -0.05) is 60.2 Å². The zero-order chi connectivity index (χ0) is 12.5. The van der Waals surface area contributed by atoms with Gasteiger partial charge in [-0.25, -0.2) is 0 Å². The molecule has 1 aliphatic carbocycles. The smallest absolute Gasteiger partial charge is 0.320 e. The van der Waals surface area contributed by atoms with Crippen molar-refractivity contribution in [2.24, 2.45) is 5.92 Å². The Kier molecular flexibility index (Phi) is 7.58. The van der Waals surface area contributed by atoms with Crippen LogP contribution >= 0.6 is 15.9 Å². The summed E-state index contributed by atoms with van der Waals surface area (Å²) in [6, 6.07) is 0. The van der Waals surface area contributed by atoms with Gasteiger partial charge in [0.05, 0.1) is 6.61 Å². The normalized spacial score (nSPS) is 19.4. The van der Waals surface area contributed by atoms with E-state index in [1.165, 1.54) is 38.5 Å². The quantitative estimate of drug-likeness (QED) is 0.417. The standard InChI is InChI=1S/C14H23BrO2/c1-2-17-14(16)13(15)11-7-6-10-12-8-4-3-5-9-12/h6-7,12-13H,2-5,8-11H2,1H3/b7-6+. The van der Waals surface area contributed by atoms with Gasteiger partial charge in [0, 0.05) is 0 Å². The lowest BCUT2D eigenvalue weighted by atomic mass is 9.87. The van der Waals surface area contributed by atoms with E-state index < -0.39 is 0 Å². The van der Waals surface area contributed by atoms with Crippen molar-refractivity contribution in [1.29, 1.82) is 0 Å². The first-order chi connectivity index (χ1) is 8.24. The lowest BCUT2D eigenvalue weighted by molar-refractivity contribution is -0.142. The Bertz CT molecular complexity index is 245. The summed E-state index contributed by atoms with van der Waals surface area (Å²) >= 11 is 3.34. The highest BCUT2D eigenvalue weighted by molar-refractivity contribution is 9.10. The average Bonchev–Trinajstić information content (AvgIpc) is 2.36. The number of ether oxygens (including phenoxy) is 1. The Morgan fingerprint density at radius 2 is 2.06 bits per heavy atom. The maximum Gasteiger partial charge on any atom is 0.320 e. The molecular formula is C14H23BrO2. The highest BCUT2D eigenvalue weighted by Gasteiger charge is 2.14. The molecule has 1 atom stereocenters. The fourth-order valence-electron chi connectivity index (χ4n) is 2.26. The summed E-state index contributed by atoms with van der Waals surface area (Å²) in [6.45, 7) is 2.28. The molecule has 0 N–H and O–H groups in total. The Morgan fingerprint density at radius 1 is 1.35 bits per heavy atom. The molecule has 17 heavy (non-hydrogen) atoms. The van der Waals surface area contributed by atoms with Crippen LogP contribution in [0.4, 0.5) is 0 Å². The molecule has 0 saturated heterocycles. The van der Waals surface area contributed by atoms with Crippen LogP contribution in [0, 0.1) is 5.92 Å². The molecule has 0 aromatic carbocycles. The second-order valence-corrected chi connectivity index (χ2v) is 5.77. The number of alkyl halides is 1. The van der Waals surface area contributed by atoms with E-state index in [0.29, 0.717) is 6.61 Å². The number of rotatable bonds is 6. The third-order valence-corrected chi connectivity index (χ3v) is 3.99. The van der Waals surface area contributed by atoms with Crippen LogP contribution in [-0.4, -0.2) is 17.4 Å². The number of carbonyl (C=O) groups is 1. The van der Waals surface area contributed by atoms with Gasteiger partial charge < -0.3 is 4.74 Å². The van der Waals surface area contributed by atoms with Crippen molar-refractivity contribution in [1.82, 2.24) is 0 Å². The highest BCUT2D eigenvalue weighted by atomic mass is 79.9. The number of halogens is 1. The van der Waals surface area contributed by atoms with Crippen LogP contribution in [0.25, 0.3) is 0 Å². The minimum atomic E-state index is -0.190. The van der Waals surface area contributed by atoms with E-state index in [-0.39, 0.29) is 10.8 Å². The van der Waals surface area contributed by atoms with Gasteiger partial charge in [0.25, 0.3) is 0 Å². The minimum Gasteiger partial charge on any atom is -0.465 e. The summed E-state index contributed by atoms with van der Waals surface area (Å²) in [4.78, 5) is 11.1. The number of hydrogen-bond donors (Lipinski definition) is 0. The molecule has 1 fully saturated rings. The molecule has 0 radical (unpaired) electrons. The number of allylic oxidation sites excluding steroid dienone is 2. The fourth-order valence-corrected chi connectivity index (χ4v) is 2.60. The van der Waals surface area contributed by atoms with E-state index in [9.17, 15) is 4.79 Å². The monoisotopic (exact) mass is 302 g/mol. The third kappa shape index (κ3) is 6.25. The fraction of sp³-hybridized carbons (Fsp3) is 0.786. The lowest BCUT2D eigenvalue weighted by Gasteiger charge is -2.19. The van der Waals surface area contributed by atoms with Crippen LogP contribution in [0.5, 0.6) is 0 Å². The zero-order valence-electron chi connectivity index (χ0n) is 10.7. The largest absolute Gasteiger partial charge is 0.465 e. The molecule has 1 rings (SSSR count). The molecule has 0 aromatic rings. The summed E-state index contributed by atoms with van der Waals surface area (Å²) in [5.74, 6) is 0.714. The number of hydrogen-bond acceptors (Lipinski definition) is 2. The van der Waals surface area contributed by atoms with Gasteiger partial charge in [0.15, 0.2) is 0 Å². The maximum absolute atomic E-state index is 11.3. The molecule has 1 aliphatic rings. The SMILES string of the molecule is CCOC(=O)C(Br)C/C=C/CC1CCCCC1. The second-order valence-electron chi connectivity index (χ2n) is 4.67. The van der Waals surface area contributed by atoms with Crippen molar-refractivity contribution in [2.75, 3.05) is 6.61 Å². The topological polar surface area (TPSA) is 26.3 Å². The van der Waals surface area contributed by atoms with Gasteiger partial charge in [-0.05, 0) is 25.7 Å². The molecule has 1 unspecified atom stereocenters. The van der Waals surface area contributed by atoms with Gasteiger partial charge in [-0.15, -0.1) is 0 Å². The minimum absolute atomic E-state index is 0.158. The van der Waals surface area contributed by atoms with Crippen LogP contribution in [0.2, 0.25) is 0 Å². The zero-order valence-corrected chi connectivity index (χ0v) is 12.2. The maximum atomic E-state index is 11.3. The van der Waals surface area contributed by atoms with Gasteiger partial charge in [-0.3, -0.25) is 4.79 Å².